The molecule has 0 atom stereocenters. The summed E-state index contributed by atoms with van der Waals surface area (Å²) in [5, 5.41) is 7.95. The lowest BCUT2D eigenvalue weighted by molar-refractivity contribution is 0.0438. The summed E-state index contributed by atoms with van der Waals surface area (Å²) in [5.41, 5.74) is 1.53. The zero-order chi connectivity index (χ0) is 17.8. The van der Waals surface area contributed by atoms with Gasteiger partial charge in [0.05, 0.1) is 17.6 Å². The summed E-state index contributed by atoms with van der Waals surface area (Å²) < 4.78 is 15.7. The molecule has 0 aliphatic carbocycles. The molecule has 25 heavy (non-hydrogen) atoms. The number of thiophene rings is 1. The predicted octanol–water partition coefficient (Wildman–Crippen LogP) is 3.43. The van der Waals surface area contributed by atoms with Gasteiger partial charge in [-0.1, -0.05) is 6.92 Å². The van der Waals surface area contributed by atoms with Crippen LogP contribution in [0.1, 0.15) is 33.6 Å². The maximum absolute atomic E-state index is 12.0. The van der Waals surface area contributed by atoms with Crippen molar-refractivity contribution in [2.45, 2.75) is 26.9 Å². The zero-order valence-corrected chi connectivity index (χ0v) is 14.9. The van der Waals surface area contributed by atoms with E-state index in [1.54, 1.807) is 23.5 Å². The number of ether oxygens (including phenoxy) is 2. The standard InChI is InChI=1S/C17H17N3O4S/c1-4-12-10(2)7-13(25-12)16-20-19-15(24-16)9-23-17(21)11-5-6-14(22-3)18-8-11/h5-8H,4,9H2,1-3H3. The van der Waals surface area contributed by atoms with E-state index in [1.807, 2.05) is 6.07 Å². The van der Waals surface area contributed by atoms with Gasteiger partial charge in [-0.2, -0.15) is 0 Å². The number of aromatic nitrogens is 3. The van der Waals surface area contributed by atoms with E-state index in [0.29, 0.717) is 17.3 Å². The first-order chi connectivity index (χ1) is 12.1. The van der Waals surface area contributed by atoms with E-state index in [-0.39, 0.29) is 12.5 Å². The first kappa shape index (κ1) is 17.1. The Bertz CT molecular complexity index is 870. The Hall–Kier alpha value is -2.74. The number of hydrogen-bond donors (Lipinski definition) is 0. The molecule has 3 aromatic rings. The Balaban J connectivity index is 1.63. The summed E-state index contributed by atoms with van der Waals surface area (Å²) in [6.07, 6.45) is 2.35. The quantitative estimate of drug-likeness (QED) is 0.623. The Kier molecular flexibility index (Phi) is 5.08. The van der Waals surface area contributed by atoms with Crippen LogP contribution in [0.5, 0.6) is 5.88 Å². The van der Waals surface area contributed by atoms with Crippen molar-refractivity contribution in [3.8, 4) is 16.6 Å². The summed E-state index contributed by atoms with van der Waals surface area (Å²) in [6.45, 7) is 4.07. The van der Waals surface area contributed by atoms with Crippen LogP contribution in [0.25, 0.3) is 10.8 Å². The molecular formula is C17H17N3O4S. The molecule has 0 saturated heterocycles. The van der Waals surface area contributed by atoms with E-state index in [9.17, 15) is 4.79 Å². The summed E-state index contributed by atoms with van der Waals surface area (Å²) in [5.74, 6) is 0.588. The summed E-state index contributed by atoms with van der Waals surface area (Å²) in [7, 11) is 1.51. The third-order valence-electron chi connectivity index (χ3n) is 3.53. The minimum absolute atomic E-state index is 0.0944. The van der Waals surface area contributed by atoms with Crippen LogP contribution >= 0.6 is 11.3 Å². The second-order valence-electron chi connectivity index (χ2n) is 5.24. The van der Waals surface area contributed by atoms with Crippen LogP contribution in [0.4, 0.5) is 0 Å². The van der Waals surface area contributed by atoms with Gasteiger partial charge in [0.15, 0.2) is 6.61 Å². The van der Waals surface area contributed by atoms with E-state index in [0.717, 1.165) is 11.3 Å². The lowest BCUT2D eigenvalue weighted by atomic mass is 10.2. The van der Waals surface area contributed by atoms with E-state index < -0.39 is 5.97 Å². The highest BCUT2D eigenvalue weighted by Crippen LogP contribution is 2.30. The van der Waals surface area contributed by atoms with Crippen LogP contribution in [-0.4, -0.2) is 28.3 Å². The fourth-order valence-corrected chi connectivity index (χ4v) is 3.26. The number of esters is 1. The summed E-state index contributed by atoms with van der Waals surface area (Å²) in [6, 6.07) is 5.19. The molecule has 3 aromatic heterocycles. The van der Waals surface area contributed by atoms with Gasteiger partial charge >= 0.3 is 5.97 Å². The molecule has 0 spiro atoms. The second kappa shape index (κ2) is 7.43. The lowest BCUT2D eigenvalue weighted by Crippen LogP contribution is -2.06. The van der Waals surface area contributed by atoms with Crippen LogP contribution in [0.2, 0.25) is 0 Å². The Morgan fingerprint density at radius 1 is 1.32 bits per heavy atom. The smallest absolute Gasteiger partial charge is 0.340 e. The first-order valence-electron chi connectivity index (χ1n) is 7.70. The molecule has 3 rings (SSSR count). The monoisotopic (exact) mass is 359 g/mol. The molecule has 0 N–H and O–H groups in total. The van der Waals surface area contributed by atoms with E-state index in [4.69, 9.17) is 13.9 Å². The molecule has 8 heteroatoms. The van der Waals surface area contributed by atoms with Gasteiger partial charge in [0.1, 0.15) is 0 Å². The number of carbonyl (C=O) groups is 1. The molecule has 7 nitrogen and oxygen atoms in total. The number of pyridine rings is 1. The molecule has 0 bridgehead atoms. The lowest BCUT2D eigenvalue weighted by Gasteiger charge is -2.02. The maximum atomic E-state index is 12.0. The Morgan fingerprint density at radius 2 is 2.16 bits per heavy atom. The van der Waals surface area contributed by atoms with Crippen molar-refractivity contribution < 1.29 is 18.7 Å². The number of aryl methyl sites for hydroxylation is 2. The van der Waals surface area contributed by atoms with E-state index >= 15 is 0 Å². The van der Waals surface area contributed by atoms with Gasteiger partial charge in [0, 0.05) is 17.1 Å². The van der Waals surface area contributed by atoms with Crippen molar-refractivity contribution in [2.24, 2.45) is 0 Å². The van der Waals surface area contributed by atoms with Gasteiger partial charge in [-0.25, -0.2) is 9.78 Å². The molecule has 130 valence electrons. The minimum atomic E-state index is -0.518. The fourth-order valence-electron chi connectivity index (χ4n) is 2.22. The van der Waals surface area contributed by atoms with E-state index in [1.165, 1.54) is 23.7 Å². The van der Waals surface area contributed by atoms with E-state index in [2.05, 4.69) is 29.0 Å². The molecule has 3 heterocycles. The highest BCUT2D eigenvalue weighted by atomic mass is 32.1. The van der Waals surface area contributed by atoms with Crippen LogP contribution in [-0.2, 0) is 17.8 Å². The third kappa shape index (κ3) is 3.85. The zero-order valence-electron chi connectivity index (χ0n) is 14.1. The number of rotatable bonds is 6. The number of methoxy groups -OCH3 is 1. The number of hydrogen-bond acceptors (Lipinski definition) is 8. The van der Waals surface area contributed by atoms with Crippen LogP contribution in [0.3, 0.4) is 0 Å². The molecule has 0 saturated carbocycles. The summed E-state index contributed by atoms with van der Waals surface area (Å²) in [4.78, 5) is 18.2. The SMILES string of the molecule is CCc1sc(-c2nnc(COC(=O)c3ccc(OC)nc3)o2)cc1C. The second-order valence-corrected chi connectivity index (χ2v) is 6.37. The number of carbonyl (C=O) groups excluding carboxylic acids is 1. The van der Waals surface area contributed by atoms with Crippen molar-refractivity contribution in [3.63, 3.8) is 0 Å². The Labute approximate surface area is 148 Å². The molecule has 0 fully saturated rings. The van der Waals surface area contributed by atoms with Crippen molar-refractivity contribution in [3.05, 3.63) is 46.3 Å². The average molecular weight is 359 g/mol. The van der Waals surface area contributed by atoms with Gasteiger partial charge in [-0.3, -0.25) is 0 Å². The van der Waals surface area contributed by atoms with Crippen LogP contribution in [0, 0.1) is 6.92 Å². The highest BCUT2D eigenvalue weighted by Gasteiger charge is 2.15. The van der Waals surface area contributed by atoms with Crippen molar-refractivity contribution in [1.29, 1.82) is 0 Å². The molecular weight excluding hydrogens is 342 g/mol. The van der Waals surface area contributed by atoms with Gasteiger partial charge < -0.3 is 13.9 Å². The third-order valence-corrected chi connectivity index (χ3v) is 4.90. The molecule has 0 aromatic carbocycles. The van der Waals surface area contributed by atoms with Crippen molar-refractivity contribution in [1.82, 2.24) is 15.2 Å². The average Bonchev–Trinajstić information content (AvgIpc) is 3.26. The fraction of sp³-hybridized carbons (Fsp3) is 0.294. The highest BCUT2D eigenvalue weighted by molar-refractivity contribution is 7.15. The maximum Gasteiger partial charge on any atom is 0.340 e. The largest absolute Gasteiger partial charge is 0.481 e. The molecule has 0 aliphatic heterocycles. The van der Waals surface area contributed by atoms with Gasteiger partial charge in [-0.15, -0.1) is 21.5 Å². The first-order valence-corrected chi connectivity index (χ1v) is 8.51. The topological polar surface area (TPSA) is 87.3 Å². The van der Waals surface area contributed by atoms with Crippen LogP contribution < -0.4 is 4.74 Å². The molecule has 0 amide bonds. The van der Waals surface area contributed by atoms with Crippen molar-refractivity contribution >= 4 is 17.3 Å². The normalized spacial score (nSPS) is 10.7. The predicted molar refractivity (Wildman–Crippen MR) is 91.6 cm³/mol. The number of nitrogens with zero attached hydrogens (tertiary/aromatic N) is 3. The minimum Gasteiger partial charge on any atom is -0.481 e. The summed E-state index contributed by atoms with van der Waals surface area (Å²) >= 11 is 1.63. The molecule has 0 aliphatic rings. The van der Waals surface area contributed by atoms with Gasteiger partial charge in [0.2, 0.25) is 5.88 Å². The Morgan fingerprint density at radius 3 is 2.80 bits per heavy atom. The van der Waals surface area contributed by atoms with Gasteiger partial charge in [0.25, 0.3) is 11.8 Å². The molecule has 0 unspecified atom stereocenters. The van der Waals surface area contributed by atoms with Crippen molar-refractivity contribution in [2.75, 3.05) is 7.11 Å². The molecule has 0 radical (unpaired) electrons. The van der Waals surface area contributed by atoms with Gasteiger partial charge in [-0.05, 0) is 31.0 Å². The van der Waals surface area contributed by atoms with Crippen LogP contribution in [0.15, 0.2) is 28.8 Å².